The van der Waals surface area contributed by atoms with E-state index in [1.807, 2.05) is 38.1 Å². The second-order valence-electron chi connectivity index (χ2n) is 10.6. The number of halogens is 1. The molecule has 0 spiro atoms. The van der Waals surface area contributed by atoms with Gasteiger partial charge in [0.15, 0.2) is 0 Å². The molecule has 1 aliphatic heterocycles. The quantitative estimate of drug-likeness (QED) is 0.298. The van der Waals surface area contributed by atoms with Crippen LogP contribution in [-0.4, -0.2) is 55.8 Å². The molecule has 0 radical (unpaired) electrons. The molecule has 1 aliphatic rings. The maximum absolute atomic E-state index is 14.2. The summed E-state index contributed by atoms with van der Waals surface area (Å²) in [4.78, 5) is 15.3. The molecule has 3 aromatic rings. The first-order chi connectivity index (χ1) is 19.2. The molecular weight excluding hydrogens is 507 g/mol. The van der Waals surface area contributed by atoms with Crippen LogP contribution in [-0.2, 0) is 12.8 Å². The highest BCUT2D eigenvalue weighted by atomic mass is 19.1. The number of carbonyl (C=O) groups excluding carboxylic acids is 1. The first-order valence-electron chi connectivity index (χ1n) is 13.8. The smallest absolute Gasteiger partial charge is 0.251 e. The molecule has 3 aromatic carbocycles. The van der Waals surface area contributed by atoms with E-state index in [9.17, 15) is 14.3 Å². The van der Waals surface area contributed by atoms with Gasteiger partial charge in [-0.3, -0.25) is 4.79 Å². The minimum Gasteiger partial charge on any atom is -0.508 e. The number of phenols is 1. The van der Waals surface area contributed by atoms with Gasteiger partial charge in [-0.05, 0) is 99.7 Å². The number of nitrogens with one attached hydrogen (secondary N) is 1. The molecule has 1 fully saturated rings. The van der Waals surface area contributed by atoms with Crippen LogP contribution in [0, 0.1) is 5.82 Å². The van der Waals surface area contributed by atoms with E-state index in [1.165, 1.54) is 12.1 Å². The Balaban J connectivity index is 1.54. The average Bonchev–Trinajstić information content (AvgIpc) is 2.94. The fourth-order valence-electron chi connectivity index (χ4n) is 4.94. The van der Waals surface area contributed by atoms with E-state index in [2.05, 4.69) is 17.3 Å². The number of allylic oxidation sites excluding steroid dienone is 2. The van der Waals surface area contributed by atoms with Crippen molar-refractivity contribution in [2.24, 2.45) is 0 Å². The Kier molecular flexibility index (Phi) is 9.83. The number of hydrogen-bond acceptors (Lipinski definition) is 5. The van der Waals surface area contributed by atoms with E-state index in [-0.39, 0.29) is 23.6 Å². The van der Waals surface area contributed by atoms with Crippen molar-refractivity contribution in [2.45, 2.75) is 45.6 Å². The second-order valence-corrected chi connectivity index (χ2v) is 10.6. The van der Waals surface area contributed by atoms with Crippen molar-refractivity contribution in [3.05, 3.63) is 88.8 Å². The molecule has 0 aliphatic carbocycles. The summed E-state index contributed by atoms with van der Waals surface area (Å²) in [5, 5.41) is 13.2. The van der Waals surface area contributed by atoms with E-state index >= 15 is 0 Å². The Hall–Kier alpha value is -3.84. The zero-order valence-electron chi connectivity index (χ0n) is 23.8. The summed E-state index contributed by atoms with van der Waals surface area (Å²) in [7, 11) is 3.72. The zero-order valence-corrected chi connectivity index (χ0v) is 23.8. The van der Waals surface area contributed by atoms with Gasteiger partial charge < -0.3 is 24.8 Å². The number of piperidine rings is 1. The molecule has 0 bridgehead atoms. The standard InChI is InChI=1S/C33H39FN2O4/c1-22(2)8-9-24-18-25(10-11-31(24)37)33(38)35-15-12-29-30(23-6-5-7-26(34)19-23)20-28(21-32(29)39-4)40-27-13-16-36(3)17-14-27/h5-8,10-11,18-21,27,37H,9,12-17H2,1-4H3,(H,35,38). The van der Waals surface area contributed by atoms with Crippen LogP contribution in [0.25, 0.3) is 11.1 Å². The number of aromatic hydroxyl groups is 1. The van der Waals surface area contributed by atoms with Crippen LogP contribution in [0.5, 0.6) is 17.2 Å². The lowest BCUT2D eigenvalue weighted by Crippen LogP contribution is -2.35. The molecule has 1 saturated heterocycles. The number of ether oxygens (including phenoxy) is 2. The van der Waals surface area contributed by atoms with Gasteiger partial charge in [-0.2, -0.15) is 0 Å². The number of benzene rings is 3. The lowest BCUT2D eigenvalue weighted by Gasteiger charge is -2.29. The Bertz CT molecular complexity index is 1360. The van der Waals surface area contributed by atoms with Crippen molar-refractivity contribution in [3.8, 4) is 28.4 Å². The molecule has 0 unspecified atom stereocenters. The third kappa shape index (κ3) is 7.63. The highest BCUT2D eigenvalue weighted by Gasteiger charge is 2.21. The summed E-state index contributed by atoms with van der Waals surface area (Å²) in [5.74, 6) is 0.931. The molecule has 1 heterocycles. The third-order valence-electron chi connectivity index (χ3n) is 7.24. The number of carbonyl (C=O) groups is 1. The fourth-order valence-corrected chi connectivity index (χ4v) is 4.94. The Morgan fingerprint density at radius 2 is 1.90 bits per heavy atom. The average molecular weight is 547 g/mol. The van der Waals surface area contributed by atoms with Crippen LogP contribution in [0.4, 0.5) is 4.39 Å². The minimum absolute atomic E-state index is 0.110. The van der Waals surface area contributed by atoms with Crippen LogP contribution < -0.4 is 14.8 Å². The van der Waals surface area contributed by atoms with Gasteiger partial charge in [0.2, 0.25) is 0 Å². The van der Waals surface area contributed by atoms with Gasteiger partial charge in [0.05, 0.1) is 7.11 Å². The van der Waals surface area contributed by atoms with Crippen LogP contribution in [0.15, 0.2) is 66.2 Å². The molecule has 7 heteroatoms. The summed E-state index contributed by atoms with van der Waals surface area (Å²) in [5.41, 5.74) is 4.71. The monoisotopic (exact) mass is 546 g/mol. The molecule has 0 saturated carbocycles. The van der Waals surface area contributed by atoms with Gasteiger partial charge in [-0.25, -0.2) is 4.39 Å². The van der Waals surface area contributed by atoms with Crippen molar-refractivity contribution in [1.29, 1.82) is 0 Å². The highest BCUT2D eigenvalue weighted by Crippen LogP contribution is 2.37. The first-order valence-corrected chi connectivity index (χ1v) is 13.8. The topological polar surface area (TPSA) is 71.0 Å². The van der Waals surface area contributed by atoms with Gasteiger partial charge in [0, 0.05) is 36.8 Å². The van der Waals surface area contributed by atoms with E-state index in [0.29, 0.717) is 42.0 Å². The van der Waals surface area contributed by atoms with Crippen LogP contribution >= 0.6 is 0 Å². The molecule has 1 amide bonds. The Morgan fingerprint density at radius 1 is 1.12 bits per heavy atom. The lowest BCUT2D eigenvalue weighted by atomic mass is 9.96. The molecule has 2 N–H and O–H groups in total. The van der Waals surface area contributed by atoms with Crippen LogP contribution in [0.3, 0.4) is 0 Å². The summed E-state index contributed by atoms with van der Waals surface area (Å²) in [6.07, 6.45) is 5.02. The summed E-state index contributed by atoms with van der Waals surface area (Å²) >= 11 is 0. The van der Waals surface area contributed by atoms with E-state index < -0.39 is 0 Å². The summed E-state index contributed by atoms with van der Waals surface area (Å²) in [6, 6.07) is 15.2. The number of hydrogen-bond donors (Lipinski definition) is 2. The Morgan fingerprint density at radius 3 is 2.60 bits per heavy atom. The summed E-state index contributed by atoms with van der Waals surface area (Å²) < 4.78 is 26.4. The molecule has 4 rings (SSSR count). The number of rotatable bonds is 10. The molecule has 0 atom stereocenters. The molecule has 0 aromatic heterocycles. The van der Waals surface area contributed by atoms with Crippen LogP contribution in [0.2, 0.25) is 0 Å². The van der Waals surface area contributed by atoms with E-state index in [1.54, 1.807) is 31.4 Å². The van der Waals surface area contributed by atoms with Crippen molar-refractivity contribution >= 4 is 5.91 Å². The predicted molar refractivity (Wildman–Crippen MR) is 157 cm³/mol. The number of nitrogens with zero attached hydrogens (tertiary/aromatic N) is 1. The lowest BCUT2D eigenvalue weighted by molar-refractivity contribution is 0.0954. The summed E-state index contributed by atoms with van der Waals surface area (Å²) in [6.45, 7) is 6.29. The normalized spacial score (nSPS) is 14.0. The molecular formula is C33H39FN2O4. The van der Waals surface area contributed by atoms with Crippen molar-refractivity contribution in [1.82, 2.24) is 10.2 Å². The van der Waals surface area contributed by atoms with Gasteiger partial charge in [-0.15, -0.1) is 0 Å². The highest BCUT2D eigenvalue weighted by molar-refractivity contribution is 5.94. The predicted octanol–water partition coefficient (Wildman–Crippen LogP) is 6.16. The van der Waals surface area contributed by atoms with Crippen molar-refractivity contribution < 1.29 is 23.8 Å². The minimum atomic E-state index is -0.325. The maximum atomic E-state index is 14.2. The van der Waals surface area contributed by atoms with Gasteiger partial charge in [0.25, 0.3) is 5.91 Å². The molecule has 6 nitrogen and oxygen atoms in total. The van der Waals surface area contributed by atoms with Crippen molar-refractivity contribution in [2.75, 3.05) is 33.8 Å². The molecule has 212 valence electrons. The third-order valence-corrected chi connectivity index (χ3v) is 7.24. The second kappa shape index (κ2) is 13.5. The number of likely N-dealkylation sites (tertiary alicyclic amines) is 1. The number of phenolic OH excluding ortho intramolecular Hbond substituents is 1. The first kappa shape index (κ1) is 29.2. The van der Waals surface area contributed by atoms with E-state index in [4.69, 9.17) is 9.47 Å². The van der Waals surface area contributed by atoms with Crippen LogP contribution in [0.1, 0.15) is 48.2 Å². The fraction of sp³-hybridized carbons (Fsp3) is 0.364. The van der Waals surface area contributed by atoms with Gasteiger partial charge in [-0.1, -0.05) is 23.8 Å². The molecule has 40 heavy (non-hydrogen) atoms. The number of methoxy groups -OCH3 is 1. The number of amides is 1. The largest absolute Gasteiger partial charge is 0.508 e. The van der Waals surface area contributed by atoms with E-state index in [0.717, 1.165) is 48.2 Å². The SMILES string of the molecule is COc1cc(OC2CCN(C)CC2)cc(-c2cccc(F)c2)c1CCNC(=O)c1ccc(O)c(CC=C(C)C)c1. The Labute approximate surface area is 236 Å². The zero-order chi connectivity index (χ0) is 28.6. The maximum Gasteiger partial charge on any atom is 0.251 e. The van der Waals surface area contributed by atoms with Crippen molar-refractivity contribution in [3.63, 3.8) is 0 Å². The van der Waals surface area contributed by atoms with Gasteiger partial charge in [0.1, 0.15) is 29.2 Å². The van der Waals surface area contributed by atoms with Gasteiger partial charge >= 0.3 is 0 Å².